The number of rotatable bonds is 45. The summed E-state index contributed by atoms with van der Waals surface area (Å²) in [6, 6.07) is 75.3. The van der Waals surface area contributed by atoms with Gasteiger partial charge in [-0.3, -0.25) is 15.0 Å². The molecule has 4 heterocycles. The maximum atomic E-state index is 12.9. The number of nitrogens with zero attached hydrogens (tertiary/aromatic N) is 8. The van der Waals surface area contributed by atoms with Crippen molar-refractivity contribution >= 4 is 79.7 Å². The third-order valence-electron chi connectivity index (χ3n) is 23.0. The van der Waals surface area contributed by atoms with Crippen LogP contribution in [0.2, 0.25) is 0 Å². The second kappa shape index (κ2) is 43.1. The Balaban J connectivity index is 1.22. The largest absolute Gasteiger partial charge is 0.493 e. The molecule has 113 heavy (non-hydrogen) atoms. The third kappa shape index (κ3) is 21.5. The Bertz CT molecular complexity index is 4830. The quantitative estimate of drug-likeness (QED) is 0.0212. The van der Waals surface area contributed by atoms with Crippen LogP contribution in [0, 0.1) is 43.6 Å². The Labute approximate surface area is 675 Å². The van der Waals surface area contributed by atoms with Crippen molar-refractivity contribution in [3.05, 3.63) is 263 Å². The summed E-state index contributed by atoms with van der Waals surface area (Å²) < 4.78 is 19.5. The molecule has 1 atom stereocenters. The second-order valence-electron chi connectivity index (χ2n) is 31.8. The van der Waals surface area contributed by atoms with E-state index in [-0.39, 0.29) is 0 Å². The van der Waals surface area contributed by atoms with Gasteiger partial charge in [-0.15, -0.1) is 0 Å². The Morgan fingerprint density at radius 2 is 0.743 bits per heavy atom. The molecule has 12 rings (SSSR count). The highest BCUT2D eigenvalue weighted by molar-refractivity contribution is 6.85. The van der Waals surface area contributed by atoms with Gasteiger partial charge >= 0.3 is 13.7 Å². The third-order valence-corrected chi connectivity index (χ3v) is 23.0. The average molecular weight is 1500 g/mol. The molecular formula is C101H118B2N8O2. The highest BCUT2D eigenvalue weighted by Gasteiger charge is 2.38. The summed E-state index contributed by atoms with van der Waals surface area (Å²) in [6.45, 7) is 23.4. The summed E-state index contributed by atoms with van der Waals surface area (Å²) in [4.78, 5) is 26.3. The zero-order valence-corrected chi connectivity index (χ0v) is 68.4. The van der Waals surface area contributed by atoms with E-state index in [1.165, 1.54) is 161 Å². The van der Waals surface area contributed by atoms with Crippen LogP contribution in [0.25, 0.3) is 71.5 Å². The molecule has 0 aliphatic heterocycles. The zero-order valence-electron chi connectivity index (χ0n) is 68.4. The number of benzene rings is 8. The summed E-state index contributed by atoms with van der Waals surface area (Å²) >= 11 is 0. The molecule has 1 unspecified atom stereocenters. The van der Waals surface area contributed by atoms with E-state index in [2.05, 4.69) is 251 Å². The van der Waals surface area contributed by atoms with Gasteiger partial charge < -0.3 is 18.4 Å². The Morgan fingerprint density at radius 1 is 0.398 bits per heavy atom. The van der Waals surface area contributed by atoms with Crippen molar-refractivity contribution in [3.8, 4) is 40.1 Å². The average Bonchev–Trinajstić information content (AvgIpc) is 1.52. The summed E-state index contributed by atoms with van der Waals surface area (Å²) in [6.07, 6.45) is 39.4. The van der Waals surface area contributed by atoms with Gasteiger partial charge in [0.1, 0.15) is 28.8 Å². The van der Waals surface area contributed by atoms with Crippen LogP contribution in [0.15, 0.2) is 219 Å². The molecular weight excluding hydrogens is 1380 g/mol. The summed E-state index contributed by atoms with van der Waals surface area (Å²) in [5, 5.41) is 15.6. The first-order chi connectivity index (χ1) is 55.7. The van der Waals surface area contributed by atoms with Crippen molar-refractivity contribution in [3.63, 3.8) is 0 Å². The van der Waals surface area contributed by atoms with Crippen LogP contribution in [0.1, 0.15) is 236 Å². The van der Waals surface area contributed by atoms with Crippen LogP contribution in [-0.4, -0.2) is 55.8 Å². The summed E-state index contributed by atoms with van der Waals surface area (Å²) in [5.74, 6) is 2.27. The topological polar surface area (TPSA) is 108 Å². The number of aromatic nitrogens is 6. The van der Waals surface area contributed by atoms with Crippen molar-refractivity contribution in [1.29, 1.82) is 5.26 Å². The monoisotopic (exact) mass is 1500 g/mol. The van der Waals surface area contributed by atoms with E-state index in [4.69, 9.17) is 34.3 Å². The Kier molecular flexibility index (Phi) is 31.3. The summed E-state index contributed by atoms with van der Waals surface area (Å²) in [5.41, 5.74) is 13.6. The maximum Gasteiger partial charge on any atom is 0.328 e. The lowest BCUT2D eigenvalue weighted by Crippen LogP contribution is -2.54. The van der Waals surface area contributed by atoms with Gasteiger partial charge in [0.25, 0.3) is 0 Å². The molecule has 4 aromatic heterocycles. The van der Waals surface area contributed by atoms with Gasteiger partial charge in [0, 0.05) is 44.8 Å². The molecule has 0 saturated carbocycles. The first-order valence-electron chi connectivity index (χ1n) is 43.2. The van der Waals surface area contributed by atoms with Crippen LogP contribution in [-0.2, 0) is 0 Å². The molecule has 0 bridgehead atoms. The number of hydrogen-bond acceptors (Lipinski definition) is 7. The predicted octanol–water partition coefficient (Wildman–Crippen LogP) is 22.8. The molecule has 0 N–H and O–H groups in total. The molecule has 0 amide bonds. The minimum absolute atomic E-state index is 0.295. The Hall–Kier alpha value is -10.3. The normalized spacial score (nSPS) is 12.3. The lowest BCUT2D eigenvalue weighted by Gasteiger charge is -2.25. The molecule has 0 spiro atoms. The minimum Gasteiger partial charge on any atom is -0.493 e. The van der Waals surface area contributed by atoms with Crippen LogP contribution in [0.5, 0.6) is 11.5 Å². The lowest BCUT2D eigenvalue weighted by atomic mass is 9.50. The van der Waals surface area contributed by atoms with E-state index in [9.17, 15) is 11.8 Å². The van der Waals surface area contributed by atoms with Crippen molar-refractivity contribution in [2.24, 2.45) is 11.8 Å². The standard InChI is InChI=1S/C101H118B2N8O2/c1-8-12-16-20-24-28-36-50-79(49-35-27-23-19-15-11-4)75-113-87-62-46-52-81(70-87)99-96-95(100(88(71-104)93-72-106-91-67-76(5)63-65-89(91)108-93)110(99)102(82-53-37-29-38-54-82)83-55-39-30-40-56-83)98(80-51-45-61-86(69-80)112-74-78(47-33-25-21-17-13-9-2)48-34-26-22-18-14-10-3)111(103(84-57-41-31-42-58-84)85-59-43-32-44-60-85)101(96)97(105-7)94-73-107-92-68-77(6)64-66-90(92)109-94/h29-32,37-46,51-70,72-73,78-79H,8-28,33-36,47-50,74-75H2,1-6H3/b100-88-,101-97+. The van der Waals surface area contributed by atoms with E-state index < -0.39 is 13.7 Å². The molecule has 12 heteroatoms. The maximum absolute atomic E-state index is 12.9. The van der Waals surface area contributed by atoms with Gasteiger partial charge in [0.2, 0.25) is 5.70 Å². The number of aryl methyl sites for hydroxylation is 2. The van der Waals surface area contributed by atoms with Crippen molar-refractivity contribution in [1.82, 2.24) is 28.9 Å². The molecule has 8 aromatic carbocycles. The van der Waals surface area contributed by atoms with Gasteiger partial charge in [-0.2, -0.15) is 5.26 Å². The van der Waals surface area contributed by atoms with Crippen molar-refractivity contribution in [2.45, 2.75) is 228 Å². The first kappa shape index (κ1) is 82.2. The highest BCUT2D eigenvalue weighted by Crippen LogP contribution is 2.39. The van der Waals surface area contributed by atoms with E-state index in [1.807, 2.05) is 12.1 Å². The molecule has 12 aromatic rings. The fraction of sp³-hybridized carbons (Fsp3) is 0.386. The first-order valence-corrected chi connectivity index (χ1v) is 43.2. The molecule has 0 radical (unpaired) electrons. The van der Waals surface area contributed by atoms with Crippen LogP contribution in [0.4, 0.5) is 0 Å². The van der Waals surface area contributed by atoms with E-state index in [0.29, 0.717) is 69.4 Å². The van der Waals surface area contributed by atoms with Gasteiger partial charge in [0.05, 0.1) is 59.1 Å². The number of hydrogen-bond donors (Lipinski definition) is 0. The lowest BCUT2D eigenvalue weighted by molar-refractivity contribution is 0.224. The number of fused-ring (bicyclic) bond motifs is 3. The van der Waals surface area contributed by atoms with Crippen LogP contribution in [0.3, 0.4) is 0 Å². The summed E-state index contributed by atoms with van der Waals surface area (Å²) in [7, 11) is 0. The fourth-order valence-electron chi connectivity index (χ4n) is 17.0. The van der Waals surface area contributed by atoms with Gasteiger partial charge in [-0.05, 0) is 111 Å². The fourth-order valence-corrected chi connectivity index (χ4v) is 17.0. The number of nitriles is 1. The smallest absolute Gasteiger partial charge is 0.328 e. The van der Waals surface area contributed by atoms with E-state index in [1.54, 1.807) is 12.4 Å². The van der Waals surface area contributed by atoms with Gasteiger partial charge in [-0.1, -0.05) is 368 Å². The molecule has 0 aliphatic carbocycles. The number of ether oxygens (including phenoxy) is 2. The van der Waals surface area contributed by atoms with Crippen molar-refractivity contribution < 1.29 is 9.47 Å². The van der Waals surface area contributed by atoms with Gasteiger partial charge in [0.15, 0.2) is 0 Å². The number of unbranched alkanes of at least 4 members (excludes halogenated alkanes) is 21. The molecule has 0 aliphatic rings. The van der Waals surface area contributed by atoms with E-state index in [0.717, 1.165) is 114 Å². The van der Waals surface area contributed by atoms with Crippen LogP contribution < -0.4 is 42.0 Å². The van der Waals surface area contributed by atoms with Crippen molar-refractivity contribution in [2.75, 3.05) is 13.2 Å². The molecule has 580 valence electrons. The molecule has 10 nitrogen and oxygen atoms in total. The zero-order chi connectivity index (χ0) is 78.4. The van der Waals surface area contributed by atoms with E-state index >= 15 is 0 Å². The Morgan fingerprint density at radius 3 is 1.12 bits per heavy atom. The molecule has 0 fully saturated rings. The SMILES string of the molecule is [C-]#[N+]/C(c1cnc2cc(C)ccc2n1)=c1\c2c(-c3cccc(OCC(CCCCCCCC)CCCCCCCCC)c3)n(B(c3ccccc3)c3ccccc3)/c(=C(/C#N)c3cnc4cc(C)ccc4n3)c2c(-c2cccc(OCC(CCCCCCCC)CCCCCCCC)c2)n1B(c1ccccc1)c1ccccc1. The predicted molar refractivity (Wildman–Crippen MR) is 477 cm³/mol. The molecule has 0 saturated heterocycles. The highest BCUT2D eigenvalue weighted by atomic mass is 16.5. The minimum atomic E-state index is -0.597. The second-order valence-corrected chi connectivity index (χ2v) is 31.8. The van der Waals surface area contributed by atoms with Crippen LogP contribution >= 0.6 is 0 Å². The van der Waals surface area contributed by atoms with Gasteiger partial charge in [-0.25, -0.2) is 9.83 Å².